The third kappa shape index (κ3) is 5.91. The highest BCUT2D eigenvalue weighted by molar-refractivity contribution is 5.95. The molecule has 0 atom stereocenters. The molecule has 0 aromatic heterocycles. The van der Waals surface area contributed by atoms with Crippen LogP contribution in [-0.4, -0.2) is 37.2 Å². The minimum atomic E-state index is -0.616. The number of benzene rings is 3. The van der Waals surface area contributed by atoms with Gasteiger partial charge in [-0.25, -0.2) is 10.2 Å². The van der Waals surface area contributed by atoms with Gasteiger partial charge < -0.3 is 14.2 Å². The highest BCUT2D eigenvalue weighted by Gasteiger charge is 2.14. The van der Waals surface area contributed by atoms with Crippen molar-refractivity contribution in [3.63, 3.8) is 0 Å². The molecule has 0 spiro atoms. The number of nitro benzene ring substituents is 1. The lowest BCUT2D eigenvalue weighted by Crippen LogP contribution is -2.17. The Morgan fingerprint density at radius 2 is 1.70 bits per heavy atom. The molecular formula is C23H19N3O7. The second-order valence-corrected chi connectivity index (χ2v) is 6.53. The summed E-state index contributed by atoms with van der Waals surface area (Å²) in [6.45, 7) is 0. The first-order valence-corrected chi connectivity index (χ1v) is 9.53. The van der Waals surface area contributed by atoms with E-state index < -0.39 is 16.8 Å². The van der Waals surface area contributed by atoms with Crippen LogP contribution in [0.2, 0.25) is 0 Å². The number of hydrazone groups is 1. The fraction of sp³-hybridized carbons (Fsp3) is 0.0870. The van der Waals surface area contributed by atoms with E-state index in [0.29, 0.717) is 22.6 Å². The highest BCUT2D eigenvalue weighted by Crippen LogP contribution is 2.28. The van der Waals surface area contributed by atoms with E-state index in [1.54, 1.807) is 36.4 Å². The first kappa shape index (κ1) is 22.9. The molecule has 0 fully saturated rings. The van der Waals surface area contributed by atoms with E-state index in [-0.39, 0.29) is 17.0 Å². The molecule has 0 unspecified atom stereocenters. The van der Waals surface area contributed by atoms with Crippen molar-refractivity contribution < 1.29 is 28.7 Å². The van der Waals surface area contributed by atoms with E-state index in [1.807, 2.05) is 0 Å². The highest BCUT2D eigenvalue weighted by atomic mass is 16.6. The van der Waals surface area contributed by atoms with Gasteiger partial charge in [-0.2, -0.15) is 5.10 Å². The Balaban J connectivity index is 1.71. The molecule has 0 saturated carbocycles. The zero-order valence-corrected chi connectivity index (χ0v) is 17.7. The number of hydrogen-bond donors (Lipinski definition) is 1. The number of non-ortho nitro benzene ring substituents is 1. The molecule has 0 aliphatic carbocycles. The average Bonchev–Trinajstić information content (AvgIpc) is 2.84. The molecule has 3 aromatic carbocycles. The minimum absolute atomic E-state index is 0.0881. The van der Waals surface area contributed by atoms with Crippen LogP contribution in [0.15, 0.2) is 71.8 Å². The van der Waals surface area contributed by atoms with Gasteiger partial charge in [-0.1, -0.05) is 6.07 Å². The van der Waals surface area contributed by atoms with Crippen LogP contribution in [0.3, 0.4) is 0 Å². The molecule has 10 nitrogen and oxygen atoms in total. The van der Waals surface area contributed by atoms with Gasteiger partial charge in [0.1, 0.15) is 5.75 Å². The van der Waals surface area contributed by atoms with E-state index >= 15 is 0 Å². The smallest absolute Gasteiger partial charge is 0.343 e. The summed E-state index contributed by atoms with van der Waals surface area (Å²) in [6.07, 6.45) is 1.33. The van der Waals surface area contributed by atoms with Crippen molar-refractivity contribution in [1.82, 2.24) is 5.43 Å². The molecule has 0 bridgehead atoms. The predicted molar refractivity (Wildman–Crippen MR) is 119 cm³/mol. The average molecular weight is 449 g/mol. The van der Waals surface area contributed by atoms with Crippen molar-refractivity contribution in [2.45, 2.75) is 0 Å². The molecule has 10 heteroatoms. The number of carbonyl (C=O) groups is 2. The summed E-state index contributed by atoms with van der Waals surface area (Å²) in [7, 11) is 2.96. The van der Waals surface area contributed by atoms with Crippen molar-refractivity contribution in [2.75, 3.05) is 14.2 Å². The molecule has 1 N–H and O–H groups in total. The molecule has 3 rings (SSSR count). The SMILES string of the molecule is COc1ccc(C(=O)Oc2cc(/C=N\NC(=O)c3cccc([N+](=O)[O-])c3)ccc2OC)cc1. The maximum absolute atomic E-state index is 12.5. The van der Waals surface area contributed by atoms with E-state index in [9.17, 15) is 19.7 Å². The largest absolute Gasteiger partial charge is 0.497 e. The standard InChI is InChI=1S/C23H19N3O7/c1-31-19-9-7-16(8-10-19)23(28)33-21-12-15(6-11-20(21)32-2)14-24-25-22(27)17-4-3-5-18(13-17)26(29)30/h3-14H,1-2H3,(H,25,27)/b24-14-. The molecule has 33 heavy (non-hydrogen) atoms. The summed E-state index contributed by atoms with van der Waals surface area (Å²) < 4.78 is 15.8. The fourth-order valence-corrected chi connectivity index (χ4v) is 2.73. The van der Waals surface area contributed by atoms with E-state index in [1.165, 1.54) is 44.7 Å². The van der Waals surface area contributed by atoms with Crippen LogP contribution in [0.4, 0.5) is 5.69 Å². The lowest BCUT2D eigenvalue weighted by Gasteiger charge is -2.10. The van der Waals surface area contributed by atoms with Gasteiger partial charge in [-0.3, -0.25) is 14.9 Å². The van der Waals surface area contributed by atoms with Gasteiger partial charge in [-0.05, 0) is 54.1 Å². The van der Waals surface area contributed by atoms with E-state index in [2.05, 4.69) is 10.5 Å². The van der Waals surface area contributed by atoms with Crippen molar-refractivity contribution >= 4 is 23.8 Å². The van der Waals surface area contributed by atoms with Gasteiger partial charge in [0.2, 0.25) is 0 Å². The molecule has 0 radical (unpaired) electrons. The number of nitro groups is 1. The topological polar surface area (TPSA) is 129 Å². The molecule has 3 aromatic rings. The molecule has 0 aliphatic rings. The normalized spacial score (nSPS) is 10.5. The van der Waals surface area contributed by atoms with E-state index in [4.69, 9.17) is 14.2 Å². The number of nitrogens with one attached hydrogen (secondary N) is 1. The Kier molecular flexibility index (Phi) is 7.32. The van der Waals surface area contributed by atoms with Crippen LogP contribution in [0.5, 0.6) is 17.2 Å². The molecule has 0 aliphatic heterocycles. The summed E-state index contributed by atoms with van der Waals surface area (Å²) in [5.41, 5.74) is 3.01. The fourth-order valence-electron chi connectivity index (χ4n) is 2.73. The molecule has 0 heterocycles. The van der Waals surface area contributed by atoms with Crippen LogP contribution in [-0.2, 0) is 0 Å². The molecule has 168 valence electrons. The number of hydrogen-bond acceptors (Lipinski definition) is 8. The number of ether oxygens (including phenoxy) is 3. The van der Waals surface area contributed by atoms with Gasteiger partial charge in [0.15, 0.2) is 11.5 Å². The second kappa shape index (κ2) is 10.5. The molecule has 0 saturated heterocycles. The first-order chi connectivity index (χ1) is 15.9. The summed E-state index contributed by atoms with van der Waals surface area (Å²) in [6, 6.07) is 16.4. The molecular weight excluding hydrogens is 430 g/mol. The van der Waals surface area contributed by atoms with Gasteiger partial charge in [0.05, 0.1) is 30.9 Å². The second-order valence-electron chi connectivity index (χ2n) is 6.53. The van der Waals surface area contributed by atoms with Gasteiger partial charge in [-0.15, -0.1) is 0 Å². The summed E-state index contributed by atoms with van der Waals surface area (Å²) in [4.78, 5) is 34.9. The number of methoxy groups -OCH3 is 2. The Bertz CT molecular complexity index is 1210. The quantitative estimate of drug-likeness (QED) is 0.183. The predicted octanol–water partition coefficient (Wildman–Crippen LogP) is 3.60. The van der Waals surface area contributed by atoms with Crippen LogP contribution in [0.25, 0.3) is 0 Å². The van der Waals surface area contributed by atoms with Gasteiger partial charge >= 0.3 is 5.97 Å². The summed E-state index contributed by atoms with van der Waals surface area (Å²) in [5, 5.41) is 14.7. The van der Waals surface area contributed by atoms with Crippen molar-refractivity contribution in [2.24, 2.45) is 5.10 Å². The summed E-state index contributed by atoms with van der Waals surface area (Å²) >= 11 is 0. The van der Waals surface area contributed by atoms with Gasteiger partial charge in [0.25, 0.3) is 11.6 Å². The Hall–Kier alpha value is -4.73. The Morgan fingerprint density at radius 1 is 0.939 bits per heavy atom. The monoisotopic (exact) mass is 449 g/mol. The maximum atomic E-state index is 12.5. The third-order valence-electron chi connectivity index (χ3n) is 4.41. The zero-order chi connectivity index (χ0) is 23.8. The Morgan fingerprint density at radius 3 is 2.36 bits per heavy atom. The molecule has 1 amide bonds. The van der Waals surface area contributed by atoms with Gasteiger partial charge in [0, 0.05) is 17.7 Å². The van der Waals surface area contributed by atoms with Crippen molar-refractivity contribution in [3.05, 3.63) is 93.5 Å². The van der Waals surface area contributed by atoms with Crippen LogP contribution in [0, 0.1) is 10.1 Å². The van der Waals surface area contributed by atoms with Crippen LogP contribution < -0.4 is 19.6 Å². The number of carbonyl (C=O) groups excluding carboxylic acids is 2. The number of esters is 1. The first-order valence-electron chi connectivity index (χ1n) is 9.53. The maximum Gasteiger partial charge on any atom is 0.343 e. The lowest BCUT2D eigenvalue weighted by atomic mass is 10.2. The zero-order valence-electron chi connectivity index (χ0n) is 17.7. The minimum Gasteiger partial charge on any atom is -0.497 e. The third-order valence-corrected chi connectivity index (χ3v) is 4.41. The van der Waals surface area contributed by atoms with Crippen molar-refractivity contribution in [1.29, 1.82) is 0 Å². The lowest BCUT2D eigenvalue weighted by molar-refractivity contribution is -0.384. The van der Waals surface area contributed by atoms with Crippen LogP contribution in [0.1, 0.15) is 26.3 Å². The van der Waals surface area contributed by atoms with E-state index in [0.717, 1.165) is 6.07 Å². The number of amides is 1. The van der Waals surface area contributed by atoms with Crippen LogP contribution >= 0.6 is 0 Å². The number of rotatable bonds is 8. The summed E-state index contributed by atoms with van der Waals surface area (Å²) in [5.74, 6) is -0.116. The Labute approximate surface area is 188 Å². The number of nitrogens with zero attached hydrogens (tertiary/aromatic N) is 2. The van der Waals surface area contributed by atoms with Crippen molar-refractivity contribution in [3.8, 4) is 17.2 Å².